The number of carbonyl (C=O) groups excluding carboxylic acids is 1. The molecular weight excluding hydrogens is 194 g/mol. The van der Waals surface area contributed by atoms with Crippen LogP contribution in [0, 0.1) is 0 Å². The lowest BCUT2D eigenvalue weighted by Crippen LogP contribution is -2.24. The highest BCUT2D eigenvalue weighted by molar-refractivity contribution is 5.58. The van der Waals surface area contributed by atoms with E-state index in [2.05, 4.69) is 0 Å². The lowest BCUT2D eigenvalue weighted by molar-refractivity contribution is -0.108. The molecule has 0 unspecified atom stereocenters. The van der Waals surface area contributed by atoms with E-state index in [1.807, 2.05) is 12.1 Å². The van der Waals surface area contributed by atoms with Crippen molar-refractivity contribution in [2.75, 3.05) is 14.2 Å². The van der Waals surface area contributed by atoms with Gasteiger partial charge in [-0.3, -0.25) is 0 Å². The fraction of sp³-hybridized carbons (Fsp3) is 0.364. The number of methoxy groups -OCH3 is 2. The van der Waals surface area contributed by atoms with E-state index in [0.29, 0.717) is 17.9 Å². The van der Waals surface area contributed by atoms with Crippen LogP contribution in [0.1, 0.15) is 5.56 Å². The van der Waals surface area contributed by atoms with Gasteiger partial charge < -0.3 is 20.0 Å². The zero-order valence-corrected chi connectivity index (χ0v) is 8.90. The SMILES string of the molecule is COc1ccc(C[C@@H](N)C=O)cc1OC. The molecule has 0 radical (unpaired) electrons. The summed E-state index contributed by atoms with van der Waals surface area (Å²) >= 11 is 0. The number of rotatable bonds is 5. The third-order valence-electron chi connectivity index (χ3n) is 2.09. The molecule has 0 bridgehead atoms. The van der Waals surface area contributed by atoms with E-state index in [4.69, 9.17) is 15.2 Å². The lowest BCUT2D eigenvalue weighted by atomic mass is 10.1. The van der Waals surface area contributed by atoms with Crippen molar-refractivity contribution >= 4 is 6.29 Å². The highest BCUT2D eigenvalue weighted by atomic mass is 16.5. The molecular formula is C11H15NO3. The first kappa shape index (κ1) is 11.5. The smallest absolute Gasteiger partial charge is 0.160 e. The van der Waals surface area contributed by atoms with Crippen molar-refractivity contribution in [2.45, 2.75) is 12.5 Å². The van der Waals surface area contributed by atoms with Crippen LogP contribution in [-0.4, -0.2) is 26.5 Å². The Hall–Kier alpha value is -1.55. The molecule has 0 aliphatic rings. The minimum atomic E-state index is -0.469. The maximum atomic E-state index is 10.4. The Kier molecular flexibility index (Phi) is 4.12. The van der Waals surface area contributed by atoms with Gasteiger partial charge in [-0.1, -0.05) is 6.07 Å². The molecule has 0 saturated heterocycles. The zero-order chi connectivity index (χ0) is 11.3. The molecule has 82 valence electrons. The van der Waals surface area contributed by atoms with Crippen LogP contribution in [0.2, 0.25) is 0 Å². The summed E-state index contributed by atoms with van der Waals surface area (Å²) in [5.74, 6) is 1.31. The highest BCUT2D eigenvalue weighted by Crippen LogP contribution is 2.27. The van der Waals surface area contributed by atoms with Crippen LogP contribution in [0.5, 0.6) is 11.5 Å². The van der Waals surface area contributed by atoms with E-state index >= 15 is 0 Å². The van der Waals surface area contributed by atoms with E-state index < -0.39 is 6.04 Å². The maximum absolute atomic E-state index is 10.4. The average Bonchev–Trinajstić information content (AvgIpc) is 2.28. The van der Waals surface area contributed by atoms with Crippen LogP contribution < -0.4 is 15.2 Å². The summed E-state index contributed by atoms with van der Waals surface area (Å²) in [5.41, 5.74) is 6.48. The molecule has 0 spiro atoms. The van der Waals surface area contributed by atoms with Crippen LogP contribution >= 0.6 is 0 Å². The van der Waals surface area contributed by atoms with Crippen LogP contribution in [0.4, 0.5) is 0 Å². The largest absolute Gasteiger partial charge is 0.493 e. The Morgan fingerprint density at radius 1 is 1.33 bits per heavy atom. The Morgan fingerprint density at radius 3 is 2.53 bits per heavy atom. The molecule has 1 aromatic rings. The van der Waals surface area contributed by atoms with Crippen LogP contribution in [0.15, 0.2) is 18.2 Å². The second-order valence-corrected chi connectivity index (χ2v) is 3.19. The summed E-state index contributed by atoms with van der Waals surface area (Å²) in [6, 6.07) is 5.02. The molecule has 4 nitrogen and oxygen atoms in total. The number of carbonyl (C=O) groups is 1. The van der Waals surface area contributed by atoms with Gasteiger partial charge in [-0.25, -0.2) is 0 Å². The van der Waals surface area contributed by atoms with Gasteiger partial charge in [-0.05, 0) is 24.1 Å². The molecule has 15 heavy (non-hydrogen) atoms. The van der Waals surface area contributed by atoms with Crippen LogP contribution in [0.3, 0.4) is 0 Å². The van der Waals surface area contributed by atoms with E-state index in [9.17, 15) is 4.79 Å². The number of hydrogen-bond donors (Lipinski definition) is 1. The molecule has 0 aromatic heterocycles. The molecule has 0 aliphatic carbocycles. The van der Waals surface area contributed by atoms with Crippen molar-refractivity contribution in [1.82, 2.24) is 0 Å². The van der Waals surface area contributed by atoms with E-state index in [1.165, 1.54) is 0 Å². The molecule has 0 fully saturated rings. The number of hydrogen-bond acceptors (Lipinski definition) is 4. The van der Waals surface area contributed by atoms with Gasteiger partial charge in [0, 0.05) is 0 Å². The lowest BCUT2D eigenvalue weighted by Gasteiger charge is -2.10. The quantitative estimate of drug-likeness (QED) is 0.728. The molecule has 0 amide bonds. The fourth-order valence-electron chi connectivity index (χ4n) is 1.33. The second kappa shape index (κ2) is 5.36. The summed E-state index contributed by atoms with van der Waals surface area (Å²) in [6.45, 7) is 0. The fourth-order valence-corrected chi connectivity index (χ4v) is 1.33. The maximum Gasteiger partial charge on any atom is 0.160 e. The second-order valence-electron chi connectivity index (χ2n) is 3.19. The van der Waals surface area contributed by atoms with Gasteiger partial charge in [-0.2, -0.15) is 0 Å². The van der Waals surface area contributed by atoms with Gasteiger partial charge in [-0.15, -0.1) is 0 Å². The summed E-state index contributed by atoms with van der Waals surface area (Å²) < 4.78 is 10.2. The first-order valence-electron chi connectivity index (χ1n) is 4.63. The molecule has 1 aromatic carbocycles. The summed E-state index contributed by atoms with van der Waals surface area (Å²) in [5, 5.41) is 0. The monoisotopic (exact) mass is 209 g/mol. The molecule has 0 heterocycles. The highest BCUT2D eigenvalue weighted by Gasteiger charge is 2.07. The van der Waals surface area contributed by atoms with E-state index in [-0.39, 0.29) is 0 Å². The molecule has 2 N–H and O–H groups in total. The van der Waals surface area contributed by atoms with Crippen molar-refractivity contribution < 1.29 is 14.3 Å². The van der Waals surface area contributed by atoms with Gasteiger partial charge in [0.05, 0.1) is 20.3 Å². The standard InChI is InChI=1S/C11H15NO3/c1-14-10-4-3-8(5-9(12)7-13)6-11(10)15-2/h3-4,6-7,9H,5,12H2,1-2H3/t9-/m1/s1. The summed E-state index contributed by atoms with van der Waals surface area (Å²) in [4.78, 5) is 10.4. The van der Waals surface area contributed by atoms with Gasteiger partial charge in [0.25, 0.3) is 0 Å². The van der Waals surface area contributed by atoms with Gasteiger partial charge in [0.15, 0.2) is 11.5 Å². The molecule has 0 saturated carbocycles. The first-order valence-corrected chi connectivity index (χ1v) is 4.63. The van der Waals surface area contributed by atoms with Gasteiger partial charge >= 0.3 is 0 Å². The van der Waals surface area contributed by atoms with Crippen molar-refractivity contribution in [3.8, 4) is 11.5 Å². The number of nitrogens with two attached hydrogens (primary N) is 1. The average molecular weight is 209 g/mol. The predicted molar refractivity (Wildman–Crippen MR) is 57.3 cm³/mol. The minimum absolute atomic E-state index is 0.469. The molecule has 1 atom stereocenters. The minimum Gasteiger partial charge on any atom is -0.493 e. The molecule has 4 heteroatoms. The van der Waals surface area contributed by atoms with Crippen molar-refractivity contribution in [3.05, 3.63) is 23.8 Å². The van der Waals surface area contributed by atoms with Crippen molar-refractivity contribution in [1.29, 1.82) is 0 Å². The molecule has 1 rings (SSSR count). The summed E-state index contributed by atoms with van der Waals surface area (Å²) in [7, 11) is 3.15. The number of benzene rings is 1. The van der Waals surface area contributed by atoms with Crippen molar-refractivity contribution in [2.24, 2.45) is 5.73 Å². The van der Waals surface area contributed by atoms with Gasteiger partial charge in [0.1, 0.15) is 6.29 Å². The predicted octanol–water partition coefficient (Wildman–Crippen LogP) is 0.772. The van der Waals surface area contributed by atoms with Crippen molar-refractivity contribution in [3.63, 3.8) is 0 Å². The van der Waals surface area contributed by atoms with E-state index in [0.717, 1.165) is 11.8 Å². The number of aldehydes is 1. The zero-order valence-electron chi connectivity index (χ0n) is 8.90. The van der Waals surface area contributed by atoms with E-state index in [1.54, 1.807) is 20.3 Å². The van der Waals surface area contributed by atoms with Gasteiger partial charge in [0.2, 0.25) is 0 Å². The third kappa shape index (κ3) is 2.95. The van der Waals surface area contributed by atoms with Crippen LogP contribution in [-0.2, 0) is 11.2 Å². The molecule has 0 aliphatic heterocycles. The first-order chi connectivity index (χ1) is 7.21. The summed E-state index contributed by atoms with van der Waals surface area (Å²) in [6.07, 6.45) is 1.24. The van der Waals surface area contributed by atoms with Crippen LogP contribution in [0.25, 0.3) is 0 Å². The normalized spacial score (nSPS) is 11.9. The Bertz CT molecular complexity index is 339. The Labute approximate surface area is 89.0 Å². The number of ether oxygens (including phenoxy) is 2. The Morgan fingerprint density at radius 2 is 2.00 bits per heavy atom. The topological polar surface area (TPSA) is 61.5 Å². The Balaban J connectivity index is 2.87. The third-order valence-corrected chi connectivity index (χ3v) is 2.09.